The van der Waals surface area contributed by atoms with Crippen molar-refractivity contribution in [3.05, 3.63) is 29.8 Å². The molecule has 0 unspecified atom stereocenters. The van der Waals surface area contributed by atoms with E-state index in [2.05, 4.69) is 4.74 Å². The minimum Gasteiger partial charge on any atom is -0.469 e. The minimum atomic E-state index is -4.50. The summed E-state index contributed by atoms with van der Waals surface area (Å²) in [6.07, 6.45) is 0.247. The summed E-state index contributed by atoms with van der Waals surface area (Å²) in [5.41, 5.74) is -0.876. The van der Waals surface area contributed by atoms with Gasteiger partial charge in [0.25, 0.3) is 0 Å². The van der Waals surface area contributed by atoms with Crippen molar-refractivity contribution in [3.63, 3.8) is 0 Å². The molecule has 28 heavy (non-hydrogen) atoms. The number of rotatable bonds is 7. The molecule has 1 aliphatic carbocycles. The third-order valence-electron chi connectivity index (χ3n) is 5.36. The molecule has 1 aliphatic rings. The third-order valence-corrected chi connectivity index (χ3v) is 7.19. The lowest BCUT2D eigenvalue weighted by Crippen LogP contribution is -2.33. The van der Waals surface area contributed by atoms with Gasteiger partial charge < -0.3 is 4.74 Å². The van der Waals surface area contributed by atoms with Gasteiger partial charge in [0.2, 0.25) is 10.0 Å². The molecule has 0 radical (unpaired) electrons. The number of nitrogens with zero attached hydrogens (tertiary/aromatic N) is 1. The van der Waals surface area contributed by atoms with Gasteiger partial charge in [0.1, 0.15) is 0 Å². The van der Waals surface area contributed by atoms with E-state index in [1.54, 1.807) is 0 Å². The number of alkyl halides is 3. The number of hydrogen-bond acceptors (Lipinski definition) is 4. The summed E-state index contributed by atoms with van der Waals surface area (Å²) in [5, 5.41) is 0. The van der Waals surface area contributed by atoms with Gasteiger partial charge in [-0.15, -0.1) is 0 Å². The van der Waals surface area contributed by atoms with Crippen molar-refractivity contribution in [1.82, 2.24) is 4.31 Å². The second-order valence-corrected chi connectivity index (χ2v) is 9.35. The number of sulfonamides is 1. The van der Waals surface area contributed by atoms with Gasteiger partial charge in [0.15, 0.2) is 0 Å². The van der Waals surface area contributed by atoms with E-state index in [4.69, 9.17) is 0 Å². The lowest BCUT2D eigenvalue weighted by atomic mass is 9.80. The molecule has 0 saturated heterocycles. The SMILES string of the molecule is COC(=O)CCC1CCC(CN(C)S(=O)(=O)c2ccc(C(F)(F)F)cc2)CC1. The van der Waals surface area contributed by atoms with Gasteiger partial charge in [0, 0.05) is 20.0 Å². The highest BCUT2D eigenvalue weighted by Crippen LogP contribution is 2.33. The summed E-state index contributed by atoms with van der Waals surface area (Å²) in [6, 6.07) is 3.57. The standard InChI is InChI=1S/C19H26F3NO4S/c1-23(13-15-5-3-14(4-6-15)7-12-18(24)27-2)28(25,26)17-10-8-16(9-11-17)19(20,21)22/h8-11,14-15H,3-7,12-13H2,1-2H3. The Labute approximate surface area is 163 Å². The average molecular weight is 421 g/mol. The van der Waals surface area contributed by atoms with Gasteiger partial charge in [-0.05, 0) is 55.4 Å². The maximum atomic E-state index is 12.6. The number of carbonyl (C=O) groups excluding carboxylic acids is 1. The molecule has 0 amide bonds. The number of hydrogen-bond donors (Lipinski definition) is 0. The summed E-state index contributed by atoms with van der Waals surface area (Å²) in [6.45, 7) is 0.326. The fourth-order valence-corrected chi connectivity index (χ4v) is 4.83. The van der Waals surface area contributed by atoms with E-state index in [0.29, 0.717) is 18.9 Å². The molecule has 1 aromatic rings. The lowest BCUT2D eigenvalue weighted by molar-refractivity contribution is -0.141. The topological polar surface area (TPSA) is 63.7 Å². The Bertz CT molecular complexity index is 754. The van der Waals surface area contributed by atoms with E-state index in [0.717, 1.165) is 56.4 Å². The summed E-state index contributed by atoms with van der Waals surface area (Å²) in [5.74, 6) is 0.417. The maximum absolute atomic E-state index is 12.6. The number of esters is 1. The molecule has 158 valence electrons. The minimum absolute atomic E-state index is 0.144. The smallest absolute Gasteiger partial charge is 0.416 e. The Balaban J connectivity index is 1.90. The van der Waals surface area contributed by atoms with Crippen LogP contribution in [0.5, 0.6) is 0 Å². The number of ether oxygens (including phenoxy) is 1. The van der Waals surface area contributed by atoms with Crippen LogP contribution in [-0.4, -0.2) is 39.4 Å². The Morgan fingerprint density at radius 1 is 1.11 bits per heavy atom. The first kappa shape index (κ1) is 22.7. The number of benzene rings is 1. The Morgan fingerprint density at radius 2 is 1.64 bits per heavy atom. The van der Waals surface area contributed by atoms with Crippen LogP contribution >= 0.6 is 0 Å². The number of halogens is 3. The third kappa shape index (κ3) is 5.94. The molecule has 0 atom stereocenters. The first-order valence-corrected chi connectivity index (χ1v) is 10.7. The van der Waals surface area contributed by atoms with Crippen molar-refractivity contribution in [3.8, 4) is 0 Å². The van der Waals surface area contributed by atoms with Crippen LogP contribution in [0.15, 0.2) is 29.2 Å². The molecule has 1 aromatic carbocycles. The largest absolute Gasteiger partial charge is 0.469 e. The molecule has 0 heterocycles. The normalized spacial score (nSPS) is 20.9. The Kier molecular flexibility index (Phi) is 7.50. The molecule has 1 fully saturated rings. The van der Waals surface area contributed by atoms with Gasteiger partial charge in [-0.2, -0.15) is 13.2 Å². The zero-order valence-corrected chi connectivity index (χ0v) is 16.9. The molecular weight excluding hydrogens is 395 g/mol. The predicted octanol–water partition coefficient (Wildman–Crippen LogP) is 4.09. The fourth-order valence-electron chi connectivity index (χ4n) is 3.58. The summed E-state index contributed by atoms with van der Waals surface area (Å²) < 4.78 is 69.1. The molecular formula is C19H26F3NO4S. The van der Waals surface area contributed by atoms with Crippen molar-refractivity contribution in [2.45, 2.75) is 49.6 Å². The molecule has 0 aliphatic heterocycles. The van der Waals surface area contributed by atoms with Crippen LogP contribution < -0.4 is 0 Å². The fraction of sp³-hybridized carbons (Fsp3) is 0.632. The van der Waals surface area contributed by atoms with Crippen LogP contribution in [0.1, 0.15) is 44.1 Å². The van der Waals surface area contributed by atoms with Crippen LogP contribution in [0.3, 0.4) is 0 Å². The van der Waals surface area contributed by atoms with E-state index < -0.39 is 21.8 Å². The van der Waals surface area contributed by atoms with Crippen LogP contribution in [0.25, 0.3) is 0 Å². The van der Waals surface area contributed by atoms with E-state index in [1.807, 2.05) is 0 Å². The maximum Gasteiger partial charge on any atom is 0.416 e. The predicted molar refractivity (Wildman–Crippen MR) is 98.0 cm³/mol. The van der Waals surface area contributed by atoms with Crippen LogP contribution in [0, 0.1) is 11.8 Å². The zero-order chi connectivity index (χ0) is 20.9. The Hall–Kier alpha value is -1.61. The van der Waals surface area contributed by atoms with Gasteiger partial charge in [-0.25, -0.2) is 12.7 Å². The highest BCUT2D eigenvalue weighted by atomic mass is 32.2. The van der Waals surface area contributed by atoms with Crippen molar-refractivity contribution in [1.29, 1.82) is 0 Å². The van der Waals surface area contributed by atoms with Crippen LogP contribution in [-0.2, 0) is 25.7 Å². The first-order chi connectivity index (χ1) is 13.0. The zero-order valence-electron chi connectivity index (χ0n) is 16.0. The van der Waals surface area contributed by atoms with Crippen molar-refractivity contribution in [2.75, 3.05) is 20.7 Å². The molecule has 9 heteroatoms. The number of carbonyl (C=O) groups is 1. The van der Waals surface area contributed by atoms with E-state index >= 15 is 0 Å². The molecule has 1 saturated carbocycles. The van der Waals surface area contributed by atoms with Crippen molar-refractivity contribution >= 4 is 16.0 Å². The van der Waals surface area contributed by atoms with Crippen molar-refractivity contribution in [2.24, 2.45) is 11.8 Å². The van der Waals surface area contributed by atoms with E-state index in [9.17, 15) is 26.4 Å². The van der Waals surface area contributed by atoms with Gasteiger partial charge >= 0.3 is 12.1 Å². The summed E-state index contributed by atoms with van der Waals surface area (Å²) >= 11 is 0. The number of methoxy groups -OCH3 is 1. The highest BCUT2D eigenvalue weighted by molar-refractivity contribution is 7.89. The molecule has 0 bridgehead atoms. The van der Waals surface area contributed by atoms with Crippen LogP contribution in [0.2, 0.25) is 0 Å². The summed E-state index contributed by atoms with van der Waals surface area (Å²) in [7, 11) is -1.01. The monoisotopic (exact) mass is 421 g/mol. The summed E-state index contributed by atoms with van der Waals surface area (Å²) in [4.78, 5) is 11.1. The van der Waals surface area contributed by atoms with Gasteiger partial charge in [-0.1, -0.05) is 12.8 Å². The highest BCUT2D eigenvalue weighted by Gasteiger charge is 2.32. The van der Waals surface area contributed by atoms with E-state index in [1.165, 1.54) is 18.5 Å². The molecule has 5 nitrogen and oxygen atoms in total. The molecule has 0 aromatic heterocycles. The molecule has 0 spiro atoms. The molecule has 0 N–H and O–H groups in total. The van der Waals surface area contributed by atoms with E-state index in [-0.39, 0.29) is 16.8 Å². The van der Waals surface area contributed by atoms with Gasteiger partial charge in [0.05, 0.1) is 17.6 Å². The Morgan fingerprint density at radius 3 is 2.14 bits per heavy atom. The lowest BCUT2D eigenvalue weighted by Gasteiger charge is -2.31. The van der Waals surface area contributed by atoms with Gasteiger partial charge in [-0.3, -0.25) is 4.79 Å². The second kappa shape index (κ2) is 9.26. The molecule has 2 rings (SSSR count). The van der Waals surface area contributed by atoms with Crippen LogP contribution in [0.4, 0.5) is 13.2 Å². The second-order valence-electron chi connectivity index (χ2n) is 7.31. The quantitative estimate of drug-likeness (QED) is 0.622. The van der Waals surface area contributed by atoms with Crippen molar-refractivity contribution < 1.29 is 31.1 Å². The average Bonchev–Trinajstić information content (AvgIpc) is 2.66. The first-order valence-electron chi connectivity index (χ1n) is 9.24.